The van der Waals surface area contributed by atoms with Gasteiger partial charge in [0.1, 0.15) is 5.60 Å². The molecule has 0 unspecified atom stereocenters. The highest BCUT2D eigenvalue weighted by Crippen LogP contribution is 2.37. The minimum absolute atomic E-state index is 0.0197. The fraction of sp³-hybridized carbons (Fsp3) is 0.364. The van der Waals surface area contributed by atoms with Crippen molar-refractivity contribution in [2.45, 2.75) is 18.4 Å². The SMILES string of the molecule is O=C(c1ccc(N2CNc3ccccc32)cc1)N1CCN(C(=O)C2(O)CC2)CC1. The molecule has 7 heteroatoms. The number of carbonyl (C=O) groups excluding carboxylic acids is 2. The molecule has 0 radical (unpaired) electrons. The van der Waals surface area contributed by atoms with Crippen molar-refractivity contribution < 1.29 is 14.7 Å². The van der Waals surface area contributed by atoms with E-state index in [4.69, 9.17) is 0 Å². The van der Waals surface area contributed by atoms with Crippen LogP contribution in [-0.2, 0) is 4.79 Å². The van der Waals surface area contributed by atoms with E-state index in [2.05, 4.69) is 22.3 Å². The Balaban J connectivity index is 1.23. The van der Waals surface area contributed by atoms with E-state index >= 15 is 0 Å². The minimum atomic E-state index is -1.13. The number of para-hydroxylation sites is 2. The van der Waals surface area contributed by atoms with Crippen LogP contribution in [0.3, 0.4) is 0 Å². The van der Waals surface area contributed by atoms with Gasteiger partial charge in [0.25, 0.3) is 11.8 Å². The van der Waals surface area contributed by atoms with Crippen molar-refractivity contribution in [1.29, 1.82) is 0 Å². The quantitative estimate of drug-likeness (QED) is 0.836. The fourth-order valence-corrected chi connectivity index (χ4v) is 4.04. The van der Waals surface area contributed by atoms with Crippen molar-refractivity contribution in [2.75, 3.05) is 43.1 Å². The molecule has 2 aliphatic heterocycles. The first-order chi connectivity index (χ1) is 14.0. The molecule has 1 saturated carbocycles. The zero-order chi connectivity index (χ0) is 20.0. The number of aliphatic hydroxyl groups is 1. The maximum Gasteiger partial charge on any atom is 0.254 e. The molecule has 2 aromatic rings. The van der Waals surface area contributed by atoms with Crippen molar-refractivity contribution in [3.8, 4) is 0 Å². The third kappa shape index (κ3) is 3.21. The van der Waals surface area contributed by atoms with Gasteiger partial charge in [-0.1, -0.05) is 12.1 Å². The van der Waals surface area contributed by atoms with Gasteiger partial charge in [0.2, 0.25) is 0 Å². The molecule has 2 heterocycles. The molecule has 0 atom stereocenters. The van der Waals surface area contributed by atoms with E-state index < -0.39 is 5.60 Å². The lowest BCUT2D eigenvalue weighted by molar-refractivity contribution is -0.143. The summed E-state index contributed by atoms with van der Waals surface area (Å²) in [6, 6.07) is 15.8. The van der Waals surface area contributed by atoms with Gasteiger partial charge < -0.3 is 25.1 Å². The minimum Gasteiger partial charge on any atom is -0.380 e. The molecule has 2 amide bonds. The van der Waals surface area contributed by atoms with Gasteiger partial charge in [0.15, 0.2) is 0 Å². The van der Waals surface area contributed by atoms with E-state index in [1.807, 2.05) is 36.4 Å². The lowest BCUT2D eigenvalue weighted by Crippen LogP contribution is -2.53. The Bertz CT molecular complexity index is 947. The van der Waals surface area contributed by atoms with Crippen LogP contribution in [0.4, 0.5) is 17.1 Å². The van der Waals surface area contributed by atoms with Crippen LogP contribution >= 0.6 is 0 Å². The molecule has 2 fully saturated rings. The first-order valence-corrected chi connectivity index (χ1v) is 10.1. The number of benzene rings is 2. The molecule has 7 nitrogen and oxygen atoms in total. The van der Waals surface area contributed by atoms with Crippen molar-refractivity contribution in [3.05, 3.63) is 54.1 Å². The summed E-state index contributed by atoms with van der Waals surface area (Å²) >= 11 is 0. The summed E-state index contributed by atoms with van der Waals surface area (Å²) in [4.78, 5) is 30.7. The first kappa shape index (κ1) is 18.0. The molecule has 29 heavy (non-hydrogen) atoms. The summed E-state index contributed by atoms with van der Waals surface area (Å²) in [6.45, 7) is 2.63. The van der Waals surface area contributed by atoms with Crippen LogP contribution in [0, 0.1) is 0 Å². The van der Waals surface area contributed by atoms with Crippen LogP contribution < -0.4 is 10.2 Å². The maximum atomic E-state index is 12.9. The number of piperazine rings is 1. The maximum absolute atomic E-state index is 12.9. The van der Waals surface area contributed by atoms with E-state index in [-0.39, 0.29) is 11.8 Å². The number of nitrogens with zero attached hydrogens (tertiary/aromatic N) is 3. The van der Waals surface area contributed by atoms with Gasteiger partial charge in [-0.3, -0.25) is 9.59 Å². The number of rotatable bonds is 3. The van der Waals surface area contributed by atoms with Gasteiger partial charge in [-0.25, -0.2) is 0 Å². The number of fused-ring (bicyclic) bond motifs is 1. The van der Waals surface area contributed by atoms with E-state index in [1.165, 1.54) is 0 Å². The van der Waals surface area contributed by atoms with Crippen molar-refractivity contribution in [2.24, 2.45) is 0 Å². The highest BCUT2D eigenvalue weighted by Gasteiger charge is 2.50. The Hall–Kier alpha value is -3.06. The summed E-state index contributed by atoms with van der Waals surface area (Å²) in [5.41, 5.74) is 2.79. The number of hydrogen-bond acceptors (Lipinski definition) is 5. The molecule has 1 saturated heterocycles. The Morgan fingerprint density at radius 2 is 1.55 bits per heavy atom. The van der Waals surface area contributed by atoms with E-state index in [0.29, 0.717) is 51.3 Å². The highest BCUT2D eigenvalue weighted by molar-refractivity contribution is 5.95. The molecular weight excluding hydrogens is 368 g/mol. The van der Waals surface area contributed by atoms with Gasteiger partial charge in [-0.2, -0.15) is 0 Å². The second-order valence-electron chi connectivity index (χ2n) is 7.94. The molecule has 2 aromatic carbocycles. The largest absolute Gasteiger partial charge is 0.380 e. The fourth-order valence-electron chi connectivity index (χ4n) is 4.04. The summed E-state index contributed by atoms with van der Waals surface area (Å²) in [7, 11) is 0. The zero-order valence-corrected chi connectivity index (χ0v) is 16.2. The molecule has 2 N–H and O–H groups in total. The lowest BCUT2D eigenvalue weighted by Gasteiger charge is -2.35. The van der Waals surface area contributed by atoms with Gasteiger partial charge in [-0.05, 0) is 49.2 Å². The summed E-state index contributed by atoms with van der Waals surface area (Å²) in [5.74, 6) is -0.206. The summed E-state index contributed by atoms with van der Waals surface area (Å²) in [6.07, 6.45) is 1.10. The van der Waals surface area contributed by atoms with Crippen LogP contribution in [0.1, 0.15) is 23.2 Å². The second kappa shape index (κ2) is 6.77. The number of nitrogens with one attached hydrogen (secondary N) is 1. The van der Waals surface area contributed by atoms with Crippen LogP contribution in [0.2, 0.25) is 0 Å². The number of anilines is 3. The molecule has 3 aliphatic rings. The normalized spacial score (nSPS) is 19.6. The average molecular weight is 392 g/mol. The molecule has 1 aliphatic carbocycles. The Morgan fingerprint density at radius 3 is 2.24 bits per heavy atom. The molecule has 5 rings (SSSR count). The zero-order valence-electron chi connectivity index (χ0n) is 16.2. The Kier molecular flexibility index (Phi) is 4.20. The molecule has 0 aromatic heterocycles. The van der Waals surface area contributed by atoms with Gasteiger partial charge in [0, 0.05) is 37.4 Å². The molecule has 0 bridgehead atoms. The van der Waals surface area contributed by atoms with E-state index in [1.54, 1.807) is 9.80 Å². The summed E-state index contributed by atoms with van der Waals surface area (Å²) in [5, 5.41) is 13.4. The highest BCUT2D eigenvalue weighted by atomic mass is 16.3. The monoisotopic (exact) mass is 392 g/mol. The van der Waals surface area contributed by atoms with Crippen LogP contribution in [0.15, 0.2) is 48.5 Å². The van der Waals surface area contributed by atoms with Gasteiger partial charge >= 0.3 is 0 Å². The van der Waals surface area contributed by atoms with Crippen LogP contribution in [0.5, 0.6) is 0 Å². The number of carbonyl (C=O) groups is 2. The van der Waals surface area contributed by atoms with Gasteiger partial charge in [-0.15, -0.1) is 0 Å². The Morgan fingerprint density at radius 1 is 0.897 bits per heavy atom. The number of amides is 2. The first-order valence-electron chi connectivity index (χ1n) is 10.1. The van der Waals surface area contributed by atoms with E-state index in [0.717, 1.165) is 17.1 Å². The van der Waals surface area contributed by atoms with E-state index in [9.17, 15) is 14.7 Å². The average Bonchev–Trinajstić information content (AvgIpc) is 3.38. The third-order valence-corrected chi connectivity index (χ3v) is 6.02. The topological polar surface area (TPSA) is 76.1 Å². The Labute approximate surface area is 169 Å². The predicted molar refractivity (Wildman–Crippen MR) is 110 cm³/mol. The third-order valence-electron chi connectivity index (χ3n) is 6.02. The van der Waals surface area contributed by atoms with Crippen molar-refractivity contribution in [1.82, 2.24) is 9.80 Å². The van der Waals surface area contributed by atoms with Crippen LogP contribution in [0.25, 0.3) is 0 Å². The predicted octanol–water partition coefficient (Wildman–Crippen LogP) is 2.02. The van der Waals surface area contributed by atoms with Crippen molar-refractivity contribution in [3.63, 3.8) is 0 Å². The summed E-state index contributed by atoms with van der Waals surface area (Å²) < 4.78 is 0. The van der Waals surface area contributed by atoms with Gasteiger partial charge in [0.05, 0.1) is 18.0 Å². The smallest absolute Gasteiger partial charge is 0.254 e. The van der Waals surface area contributed by atoms with Crippen LogP contribution in [-0.4, -0.2) is 65.2 Å². The number of hydrogen-bond donors (Lipinski definition) is 2. The molecular formula is C22H24N4O3. The molecule has 0 spiro atoms. The van der Waals surface area contributed by atoms with Crippen molar-refractivity contribution >= 4 is 28.9 Å². The lowest BCUT2D eigenvalue weighted by atomic mass is 10.1. The standard InChI is InChI=1S/C22H24N4O3/c27-20(24-11-13-25(14-12-24)21(28)22(29)9-10-22)16-5-7-17(8-6-16)26-15-23-18-3-1-2-4-19(18)26/h1-8,23,29H,9-15H2. The molecule has 150 valence electrons. The second-order valence-corrected chi connectivity index (χ2v) is 7.94.